The van der Waals surface area contributed by atoms with Gasteiger partial charge in [-0.1, -0.05) is 0 Å². The van der Waals surface area contributed by atoms with Gasteiger partial charge in [0.15, 0.2) is 0 Å². The van der Waals surface area contributed by atoms with E-state index >= 15 is 0 Å². The SMILES string of the molecule is Cc1ccc(CNc2ccc3ncccc3c2[N+](=O)[O-])s1. The summed E-state index contributed by atoms with van der Waals surface area (Å²) >= 11 is 1.68. The summed E-state index contributed by atoms with van der Waals surface area (Å²) in [7, 11) is 0. The highest BCUT2D eigenvalue weighted by Gasteiger charge is 2.18. The number of hydrogen-bond donors (Lipinski definition) is 1. The summed E-state index contributed by atoms with van der Waals surface area (Å²) in [5.41, 5.74) is 1.22. The van der Waals surface area contributed by atoms with Gasteiger partial charge in [0.2, 0.25) is 0 Å². The third-order valence-corrected chi connectivity index (χ3v) is 4.19. The first-order chi connectivity index (χ1) is 10.1. The lowest BCUT2D eigenvalue weighted by Crippen LogP contribution is -2.02. The molecule has 106 valence electrons. The molecule has 0 saturated heterocycles. The molecule has 0 aliphatic carbocycles. The van der Waals surface area contributed by atoms with E-state index in [0.717, 1.165) is 4.88 Å². The highest BCUT2D eigenvalue weighted by atomic mass is 32.1. The van der Waals surface area contributed by atoms with Gasteiger partial charge in [-0.05, 0) is 43.3 Å². The van der Waals surface area contributed by atoms with Crippen molar-refractivity contribution < 1.29 is 4.92 Å². The maximum Gasteiger partial charge on any atom is 0.301 e. The zero-order chi connectivity index (χ0) is 14.8. The number of aromatic nitrogens is 1. The molecule has 21 heavy (non-hydrogen) atoms. The van der Waals surface area contributed by atoms with E-state index < -0.39 is 0 Å². The van der Waals surface area contributed by atoms with E-state index in [9.17, 15) is 10.1 Å². The highest BCUT2D eigenvalue weighted by Crippen LogP contribution is 2.33. The topological polar surface area (TPSA) is 68.1 Å². The van der Waals surface area contributed by atoms with Gasteiger partial charge in [-0.25, -0.2) is 0 Å². The highest BCUT2D eigenvalue weighted by molar-refractivity contribution is 7.11. The summed E-state index contributed by atoms with van der Waals surface area (Å²) in [6.45, 7) is 2.61. The molecule has 0 atom stereocenters. The summed E-state index contributed by atoms with van der Waals surface area (Å²) in [6, 6.07) is 11.0. The number of fused-ring (bicyclic) bond motifs is 1. The van der Waals surface area contributed by atoms with Gasteiger partial charge >= 0.3 is 5.69 Å². The van der Waals surface area contributed by atoms with Gasteiger partial charge in [-0.15, -0.1) is 11.3 Å². The van der Waals surface area contributed by atoms with Crippen LogP contribution in [0.4, 0.5) is 11.4 Å². The zero-order valence-corrected chi connectivity index (χ0v) is 12.2. The van der Waals surface area contributed by atoms with Crippen molar-refractivity contribution in [2.24, 2.45) is 0 Å². The Morgan fingerprint density at radius 1 is 1.29 bits per heavy atom. The van der Waals surface area contributed by atoms with Crippen molar-refractivity contribution in [3.63, 3.8) is 0 Å². The molecule has 0 spiro atoms. The Balaban J connectivity index is 1.97. The lowest BCUT2D eigenvalue weighted by Gasteiger charge is -2.08. The van der Waals surface area contributed by atoms with Gasteiger partial charge in [0, 0.05) is 22.5 Å². The first-order valence-electron chi connectivity index (χ1n) is 6.46. The van der Waals surface area contributed by atoms with Crippen molar-refractivity contribution >= 4 is 33.6 Å². The van der Waals surface area contributed by atoms with Crippen LogP contribution in [0.5, 0.6) is 0 Å². The van der Waals surface area contributed by atoms with Gasteiger partial charge in [0.1, 0.15) is 5.69 Å². The molecule has 0 bridgehead atoms. The van der Waals surface area contributed by atoms with E-state index in [4.69, 9.17) is 0 Å². The monoisotopic (exact) mass is 299 g/mol. The van der Waals surface area contributed by atoms with Crippen molar-refractivity contribution in [2.75, 3.05) is 5.32 Å². The summed E-state index contributed by atoms with van der Waals surface area (Å²) in [5.74, 6) is 0. The average molecular weight is 299 g/mol. The van der Waals surface area contributed by atoms with Crippen molar-refractivity contribution in [2.45, 2.75) is 13.5 Å². The first kappa shape index (κ1) is 13.5. The van der Waals surface area contributed by atoms with Crippen LogP contribution in [0.15, 0.2) is 42.6 Å². The summed E-state index contributed by atoms with van der Waals surface area (Å²) in [5, 5.41) is 15.1. The van der Waals surface area contributed by atoms with Gasteiger partial charge < -0.3 is 5.32 Å². The minimum atomic E-state index is -0.355. The minimum absolute atomic E-state index is 0.0777. The Labute approximate surface area is 125 Å². The molecule has 0 amide bonds. The lowest BCUT2D eigenvalue weighted by atomic mass is 10.1. The molecule has 3 aromatic rings. The molecule has 2 heterocycles. The Bertz CT molecular complexity index is 814. The molecule has 1 N–H and O–H groups in total. The molecule has 1 aromatic carbocycles. The molecule has 0 aliphatic rings. The van der Waals surface area contributed by atoms with Gasteiger partial charge in [-0.3, -0.25) is 15.1 Å². The molecule has 0 aliphatic heterocycles. The lowest BCUT2D eigenvalue weighted by molar-refractivity contribution is -0.382. The number of rotatable bonds is 4. The second-order valence-electron chi connectivity index (χ2n) is 4.65. The number of nitrogens with zero attached hydrogens (tertiary/aromatic N) is 2. The third-order valence-electron chi connectivity index (χ3n) is 3.19. The fraction of sp³-hybridized carbons (Fsp3) is 0.133. The van der Waals surface area contributed by atoms with Crippen LogP contribution < -0.4 is 5.32 Å². The van der Waals surface area contributed by atoms with Crippen LogP contribution in [0.3, 0.4) is 0 Å². The molecule has 0 unspecified atom stereocenters. The standard InChI is InChI=1S/C15H13N3O2S/c1-10-4-5-11(21-10)9-17-14-7-6-13-12(3-2-8-16-13)15(14)18(19)20/h2-8,17H,9H2,1H3. The van der Waals surface area contributed by atoms with E-state index in [-0.39, 0.29) is 10.6 Å². The number of pyridine rings is 1. The maximum atomic E-state index is 11.4. The van der Waals surface area contributed by atoms with Crippen molar-refractivity contribution in [3.05, 3.63) is 62.5 Å². The predicted molar refractivity (Wildman–Crippen MR) is 84.8 cm³/mol. The average Bonchev–Trinajstić information content (AvgIpc) is 2.89. The predicted octanol–water partition coefficient (Wildman–Crippen LogP) is 4.13. The number of anilines is 1. The normalized spacial score (nSPS) is 10.7. The van der Waals surface area contributed by atoms with Crippen LogP contribution >= 0.6 is 11.3 Å². The van der Waals surface area contributed by atoms with Crippen molar-refractivity contribution in [1.82, 2.24) is 4.98 Å². The largest absolute Gasteiger partial charge is 0.375 e. The van der Waals surface area contributed by atoms with Gasteiger partial charge in [0.25, 0.3) is 0 Å². The summed E-state index contributed by atoms with van der Waals surface area (Å²) in [6.07, 6.45) is 1.63. The number of nitrogens with one attached hydrogen (secondary N) is 1. The fourth-order valence-corrected chi connectivity index (χ4v) is 3.07. The maximum absolute atomic E-state index is 11.4. The summed E-state index contributed by atoms with van der Waals surface area (Å²) < 4.78 is 0. The number of aryl methyl sites for hydroxylation is 1. The van der Waals surface area contributed by atoms with E-state index in [1.165, 1.54) is 4.88 Å². The van der Waals surface area contributed by atoms with Crippen LogP contribution in [0.2, 0.25) is 0 Å². The minimum Gasteiger partial charge on any atom is -0.375 e. The van der Waals surface area contributed by atoms with Crippen LogP contribution in [-0.4, -0.2) is 9.91 Å². The van der Waals surface area contributed by atoms with Crippen LogP contribution in [-0.2, 0) is 6.54 Å². The number of nitro groups is 1. The number of benzene rings is 1. The Kier molecular flexibility index (Phi) is 3.53. The molecule has 6 heteroatoms. The van der Waals surface area contributed by atoms with E-state index in [1.54, 1.807) is 41.8 Å². The molecule has 2 aromatic heterocycles. The molecule has 5 nitrogen and oxygen atoms in total. The second-order valence-corrected chi connectivity index (χ2v) is 6.03. The van der Waals surface area contributed by atoms with Gasteiger partial charge in [0.05, 0.1) is 15.8 Å². The number of thiophene rings is 1. The van der Waals surface area contributed by atoms with E-state index in [2.05, 4.69) is 10.3 Å². The second kappa shape index (κ2) is 5.49. The molecule has 3 rings (SSSR count). The Morgan fingerprint density at radius 3 is 2.86 bits per heavy atom. The van der Waals surface area contributed by atoms with Gasteiger partial charge in [-0.2, -0.15) is 0 Å². The first-order valence-corrected chi connectivity index (χ1v) is 7.28. The molecular formula is C15H13N3O2S. The Morgan fingerprint density at radius 2 is 2.14 bits per heavy atom. The quantitative estimate of drug-likeness (QED) is 0.581. The van der Waals surface area contributed by atoms with Crippen LogP contribution in [0.1, 0.15) is 9.75 Å². The molecule has 0 saturated carbocycles. The fourth-order valence-electron chi connectivity index (χ4n) is 2.24. The molecule has 0 fully saturated rings. The van der Waals surface area contributed by atoms with E-state index in [1.807, 2.05) is 19.1 Å². The third kappa shape index (κ3) is 2.71. The van der Waals surface area contributed by atoms with Crippen LogP contribution in [0.25, 0.3) is 10.9 Å². The molecule has 0 radical (unpaired) electrons. The molecular weight excluding hydrogens is 286 g/mol. The van der Waals surface area contributed by atoms with E-state index in [0.29, 0.717) is 23.1 Å². The number of hydrogen-bond acceptors (Lipinski definition) is 5. The smallest absolute Gasteiger partial charge is 0.301 e. The van der Waals surface area contributed by atoms with Crippen molar-refractivity contribution in [1.29, 1.82) is 0 Å². The van der Waals surface area contributed by atoms with Crippen molar-refractivity contribution in [3.8, 4) is 0 Å². The Hall–Kier alpha value is -2.47. The van der Waals surface area contributed by atoms with Crippen LogP contribution in [0, 0.1) is 17.0 Å². The summed E-state index contributed by atoms with van der Waals surface area (Å²) in [4.78, 5) is 17.6. The number of nitro benzene ring substituents is 1. The zero-order valence-electron chi connectivity index (χ0n) is 11.4.